The standard InChI is InChI=1S/C15H12F2N4O2S/c16-9-5-8(6-10(17)13(9)21-1-3-23-4-2-21)14-18-11-7-24-20-12(11)15(22)19-14/h5-7H,1-4H2,(H,18,19,22). The van der Waals surface area contributed by atoms with Crippen molar-refractivity contribution in [1.82, 2.24) is 14.3 Å². The van der Waals surface area contributed by atoms with Gasteiger partial charge in [0.1, 0.15) is 28.7 Å². The van der Waals surface area contributed by atoms with Crippen molar-refractivity contribution in [1.29, 1.82) is 0 Å². The summed E-state index contributed by atoms with van der Waals surface area (Å²) in [7, 11) is 0. The Morgan fingerprint density at radius 3 is 2.62 bits per heavy atom. The van der Waals surface area contributed by atoms with E-state index in [-0.39, 0.29) is 22.6 Å². The lowest BCUT2D eigenvalue weighted by Gasteiger charge is -2.29. The average molecular weight is 350 g/mol. The molecule has 1 fully saturated rings. The highest BCUT2D eigenvalue weighted by Crippen LogP contribution is 2.29. The van der Waals surface area contributed by atoms with Crippen LogP contribution in [-0.4, -0.2) is 40.6 Å². The molecule has 1 saturated heterocycles. The summed E-state index contributed by atoms with van der Waals surface area (Å²) in [5.41, 5.74) is 0.274. The van der Waals surface area contributed by atoms with Crippen LogP contribution in [0.25, 0.3) is 22.4 Å². The summed E-state index contributed by atoms with van der Waals surface area (Å²) in [6.45, 7) is 1.71. The van der Waals surface area contributed by atoms with E-state index in [4.69, 9.17) is 4.74 Å². The molecular weight excluding hydrogens is 338 g/mol. The first-order chi connectivity index (χ1) is 11.6. The molecule has 0 atom stereocenters. The van der Waals surface area contributed by atoms with Crippen molar-refractivity contribution in [2.75, 3.05) is 31.2 Å². The number of aromatic amines is 1. The number of morpholine rings is 1. The Balaban J connectivity index is 1.79. The third kappa shape index (κ3) is 2.55. The summed E-state index contributed by atoms with van der Waals surface area (Å²) in [4.78, 5) is 20.3. The van der Waals surface area contributed by atoms with E-state index >= 15 is 0 Å². The number of H-pyrrole nitrogens is 1. The summed E-state index contributed by atoms with van der Waals surface area (Å²) in [6.07, 6.45) is 0. The Kier molecular flexibility index (Phi) is 3.73. The van der Waals surface area contributed by atoms with Crippen LogP contribution < -0.4 is 10.5 Å². The van der Waals surface area contributed by atoms with Crippen molar-refractivity contribution >= 4 is 28.3 Å². The van der Waals surface area contributed by atoms with Gasteiger partial charge in [-0.25, -0.2) is 13.8 Å². The van der Waals surface area contributed by atoms with Gasteiger partial charge in [-0.1, -0.05) is 0 Å². The van der Waals surface area contributed by atoms with Crippen LogP contribution in [0, 0.1) is 11.6 Å². The van der Waals surface area contributed by atoms with E-state index in [1.54, 1.807) is 10.3 Å². The second-order valence-corrected chi connectivity index (χ2v) is 5.98. The van der Waals surface area contributed by atoms with Crippen LogP contribution in [0.3, 0.4) is 0 Å². The maximum atomic E-state index is 14.5. The van der Waals surface area contributed by atoms with Crippen LogP contribution >= 0.6 is 11.5 Å². The van der Waals surface area contributed by atoms with Crippen LogP contribution in [0.1, 0.15) is 0 Å². The fraction of sp³-hybridized carbons (Fsp3) is 0.267. The molecule has 1 aromatic carbocycles. The number of halogens is 2. The summed E-state index contributed by atoms with van der Waals surface area (Å²) < 4.78 is 38.1. The minimum atomic E-state index is -0.696. The molecule has 0 bridgehead atoms. The molecule has 0 spiro atoms. The molecule has 124 valence electrons. The molecule has 1 aliphatic heterocycles. The number of benzene rings is 1. The highest BCUT2D eigenvalue weighted by molar-refractivity contribution is 7.04. The van der Waals surface area contributed by atoms with Crippen LogP contribution in [0.4, 0.5) is 14.5 Å². The Morgan fingerprint density at radius 2 is 1.92 bits per heavy atom. The number of hydrogen-bond acceptors (Lipinski definition) is 6. The molecule has 1 aliphatic rings. The van der Waals surface area contributed by atoms with Gasteiger partial charge in [0, 0.05) is 24.0 Å². The van der Waals surface area contributed by atoms with E-state index in [1.807, 2.05) is 0 Å². The fourth-order valence-electron chi connectivity index (χ4n) is 2.71. The molecule has 6 nitrogen and oxygen atoms in total. The molecule has 0 saturated carbocycles. The zero-order valence-electron chi connectivity index (χ0n) is 12.4. The first kappa shape index (κ1) is 15.2. The predicted molar refractivity (Wildman–Crippen MR) is 86.4 cm³/mol. The van der Waals surface area contributed by atoms with E-state index in [1.165, 1.54) is 12.1 Å². The molecule has 24 heavy (non-hydrogen) atoms. The van der Waals surface area contributed by atoms with Crippen molar-refractivity contribution in [2.45, 2.75) is 0 Å². The van der Waals surface area contributed by atoms with E-state index in [0.29, 0.717) is 31.8 Å². The molecule has 0 amide bonds. The van der Waals surface area contributed by atoms with Gasteiger partial charge in [-0.3, -0.25) is 4.79 Å². The van der Waals surface area contributed by atoms with Crippen LogP contribution in [-0.2, 0) is 4.74 Å². The predicted octanol–water partition coefficient (Wildman–Crippen LogP) is 2.16. The number of nitrogens with one attached hydrogen (secondary N) is 1. The fourth-order valence-corrected chi connectivity index (χ4v) is 3.31. The number of fused-ring (bicyclic) bond motifs is 1. The number of rotatable bonds is 2. The number of anilines is 1. The van der Waals surface area contributed by atoms with E-state index in [2.05, 4.69) is 14.3 Å². The molecule has 0 unspecified atom stereocenters. The van der Waals surface area contributed by atoms with Gasteiger partial charge in [0.15, 0.2) is 5.52 Å². The summed E-state index contributed by atoms with van der Waals surface area (Å²) in [5.74, 6) is -1.28. The topological polar surface area (TPSA) is 71.1 Å². The summed E-state index contributed by atoms with van der Waals surface area (Å²) >= 11 is 1.10. The Labute approximate surface area is 138 Å². The van der Waals surface area contributed by atoms with Crippen molar-refractivity contribution in [2.24, 2.45) is 0 Å². The maximum absolute atomic E-state index is 14.5. The molecule has 3 aromatic rings. The van der Waals surface area contributed by atoms with Crippen molar-refractivity contribution < 1.29 is 13.5 Å². The summed E-state index contributed by atoms with van der Waals surface area (Å²) in [6, 6.07) is 2.36. The van der Waals surface area contributed by atoms with Gasteiger partial charge in [-0.2, -0.15) is 4.37 Å². The second kappa shape index (κ2) is 5.91. The minimum Gasteiger partial charge on any atom is -0.378 e. The highest BCUT2D eigenvalue weighted by atomic mass is 32.1. The SMILES string of the molecule is O=c1[nH]c(-c2cc(F)c(N3CCOCC3)c(F)c2)nc2csnc12. The van der Waals surface area contributed by atoms with Gasteiger partial charge < -0.3 is 14.6 Å². The molecule has 0 aliphatic carbocycles. The van der Waals surface area contributed by atoms with Gasteiger partial charge in [0.25, 0.3) is 5.56 Å². The summed E-state index contributed by atoms with van der Waals surface area (Å²) in [5, 5.41) is 1.61. The number of ether oxygens (including phenoxy) is 1. The molecule has 0 radical (unpaired) electrons. The molecule has 2 aromatic heterocycles. The van der Waals surface area contributed by atoms with Gasteiger partial charge in [0.2, 0.25) is 0 Å². The average Bonchev–Trinajstić information content (AvgIpc) is 3.04. The largest absolute Gasteiger partial charge is 0.378 e. The third-order valence-electron chi connectivity index (χ3n) is 3.85. The van der Waals surface area contributed by atoms with E-state index < -0.39 is 17.2 Å². The molecule has 4 rings (SSSR count). The molecule has 1 N–H and O–H groups in total. The van der Waals surface area contributed by atoms with Crippen LogP contribution in [0.15, 0.2) is 22.3 Å². The lowest BCUT2D eigenvalue weighted by molar-refractivity contribution is 0.122. The zero-order chi connectivity index (χ0) is 16.7. The zero-order valence-corrected chi connectivity index (χ0v) is 13.2. The third-order valence-corrected chi connectivity index (χ3v) is 4.46. The van der Waals surface area contributed by atoms with Crippen LogP contribution in [0.5, 0.6) is 0 Å². The normalized spacial score (nSPS) is 15.2. The number of nitrogens with zero attached hydrogens (tertiary/aromatic N) is 3. The highest BCUT2D eigenvalue weighted by Gasteiger charge is 2.21. The Hall–Kier alpha value is -2.39. The van der Waals surface area contributed by atoms with Crippen LogP contribution in [0.2, 0.25) is 0 Å². The van der Waals surface area contributed by atoms with Gasteiger partial charge in [0.05, 0.1) is 13.2 Å². The van der Waals surface area contributed by atoms with Crippen molar-refractivity contribution in [3.63, 3.8) is 0 Å². The molecule has 3 heterocycles. The minimum absolute atomic E-state index is 0.0809. The number of hydrogen-bond donors (Lipinski definition) is 1. The lowest BCUT2D eigenvalue weighted by atomic mass is 10.1. The lowest BCUT2D eigenvalue weighted by Crippen LogP contribution is -2.37. The number of aromatic nitrogens is 3. The molecule has 9 heteroatoms. The van der Waals surface area contributed by atoms with E-state index in [0.717, 1.165) is 11.5 Å². The second-order valence-electron chi connectivity index (χ2n) is 5.35. The first-order valence-corrected chi connectivity index (χ1v) is 8.13. The van der Waals surface area contributed by atoms with Gasteiger partial charge in [-0.05, 0) is 23.7 Å². The first-order valence-electron chi connectivity index (χ1n) is 7.30. The Bertz CT molecular complexity index is 943. The van der Waals surface area contributed by atoms with Crippen molar-refractivity contribution in [3.8, 4) is 11.4 Å². The quantitative estimate of drug-likeness (QED) is 0.767. The smallest absolute Gasteiger partial charge is 0.278 e. The van der Waals surface area contributed by atoms with Crippen molar-refractivity contribution in [3.05, 3.63) is 39.5 Å². The Morgan fingerprint density at radius 1 is 1.21 bits per heavy atom. The maximum Gasteiger partial charge on any atom is 0.278 e. The van der Waals surface area contributed by atoms with Gasteiger partial charge in [-0.15, -0.1) is 0 Å². The van der Waals surface area contributed by atoms with E-state index in [9.17, 15) is 13.6 Å². The van der Waals surface area contributed by atoms with Gasteiger partial charge >= 0.3 is 0 Å². The monoisotopic (exact) mass is 350 g/mol. The molecular formula is C15H12F2N4O2S.